The van der Waals surface area contributed by atoms with Crippen LogP contribution in [0.3, 0.4) is 0 Å². The molecule has 0 saturated carbocycles. The topological polar surface area (TPSA) is 27.7 Å². The monoisotopic (exact) mass is 204 g/mol. The summed E-state index contributed by atoms with van der Waals surface area (Å²) in [6, 6.07) is 0.298. The van der Waals surface area contributed by atoms with Crippen LogP contribution in [0.2, 0.25) is 0 Å². The fourth-order valence-electron chi connectivity index (χ4n) is 1.45. The van der Waals surface area contributed by atoms with Crippen LogP contribution in [0.5, 0.6) is 0 Å². The van der Waals surface area contributed by atoms with E-state index in [1.807, 2.05) is 11.8 Å². The first kappa shape index (κ1) is 11.4. The highest BCUT2D eigenvalue weighted by Crippen LogP contribution is 2.26. The van der Waals surface area contributed by atoms with Crippen LogP contribution in [0, 0.1) is 0 Å². The molecule has 1 rings (SSSR count). The molecule has 3 nitrogen and oxygen atoms in total. The molecule has 0 aromatic carbocycles. The fourth-order valence-corrected chi connectivity index (χ4v) is 2.74. The normalized spacial score (nSPS) is 33.8. The van der Waals surface area contributed by atoms with E-state index in [1.54, 1.807) is 14.2 Å². The Labute approximate surface area is 84.9 Å². The van der Waals surface area contributed by atoms with E-state index in [2.05, 4.69) is 7.85 Å². The van der Waals surface area contributed by atoms with Crippen molar-refractivity contribution in [2.45, 2.75) is 17.4 Å². The zero-order valence-electron chi connectivity index (χ0n) is 8.49. The molecule has 0 aromatic heterocycles. The van der Waals surface area contributed by atoms with Gasteiger partial charge in [-0.05, 0) is 0 Å². The lowest BCUT2D eigenvalue weighted by atomic mass is 9.96. The number of hydrogen-bond acceptors (Lipinski definition) is 4. The van der Waals surface area contributed by atoms with Gasteiger partial charge in [-0.3, -0.25) is 0 Å². The molecular formula is C8H17BO3S. The number of ether oxygens (including phenoxy) is 3. The average molecular weight is 204 g/mol. The maximum absolute atomic E-state index is 5.51. The first-order valence-corrected chi connectivity index (χ1v) is 5.59. The van der Waals surface area contributed by atoms with E-state index >= 15 is 0 Å². The van der Waals surface area contributed by atoms with Crippen LogP contribution in [-0.2, 0) is 14.2 Å². The second-order valence-electron chi connectivity index (χ2n) is 3.14. The SMILES string of the molecule is B[C@@H]1OC[C@H](OC)C1SCCOC. The highest BCUT2D eigenvalue weighted by molar-refractivity contribution is 8.00. The van der Waals surface area contributed by atoms with Gasteiger partial charge in [-0.25, -0.2) is 0 Å². The van der Waals surface area contributed by atoms with Gasteiger partial charge in [0, 0.05) is 26.0 Å². The molecule has 0 aliphatic carbocycles. The summed E-state index contributed by atoms with van der Waals surface area (Å²) in [5.74, 6) is 1.01. The Morgan fingerprint density at radius 2 is 2.31 bits per heavy atom. The molecule has 0 bridgehead atoms. The Morgan fingerprint density at radius 3 is 2.92 bits per heavy atom. The minimum absolute atomic E-state index is 0.247. The van der Waals surface area contributed by atoms with Gasteiger partial charge in [0.2, 0.25) is 0 Å². The Morgan fingerprint density at radius 1 is 1.54 bits per heavy atom. The van der Waals surface area contributed by atoms with E-state index in [0.29, 0.717) is 11.3 Å². The van der Waals surface area contributed by atoms with Gasteiger partial charge in [0.25, 0.3) is 0 Å². The first-order chi connectivity index (χ1) is 6.29. The Bertz CT molecular complexity index is 147. The van der Waals surface area contributed by atoms with Gasteiger partial charge in [-0.15, -0.1) is 0 Å². The summed E-state index contributed by atoms with van der Waals surface area (Å²) in [5, 5.41) is 0.458. The van der Waals surface area contributed by atoms with Crippen molar-refractivity contribution in [2.75, 3.05) is 33.2 Å². The Hall–Kier alpha value is 0.295. The lowest BCUT2D eigenvalue weighted by molar-refractivity contribution is 0.0797. The highest BCUT2D eigenvalue weighted by Gasteiger charge is 2.34. The summed E-state index contributed by atoms with van der Waals surface area (Å²) >= 11 is 1.87. The van der Waals surface area contributed by atoms with Gasteiger partial charge in [0.1, 0.15) is 7.85 Å². The van der Waals surface area contributed by atoms with Gasteiger partial charge in [-0.2, -0.15) is 11.8 Å². The number of hydrogen-bond donors (Lipinski definition) is 0. The number of rotatable bonds is 5. The second kappa shape index (κ2) is 5.91. The molecule has 1 fully saturated rings. The zero-order chi connectivity index (χ0) is 9.68. The number of methoxy groups -OCH3 is 2. The van der Waals surface area contributed by atoms with Crippen LogP contribution in [0.1, 0.15) is 0 Å². The highest BCUT2D eigenvalue weighted by atomic mass is 32.2. The second-order valence-corrected chi connectivity index (χ2v) is 4.43. The lowest BCUT2D eigenvalue weighted by Crippen LogP contribution is -2.29. The minimum atomic E-state index is 0.247. The lowest BCUT2D eigenvalue weighted by Gasteiger charge is -2.18. The summed E-state index contributed by atoms with van der Waals surface area (Å²) in [7, 11) is 5.57. The summed E-state index contributed by atoms with van der Waals surface area (Å²) < 4.78 is 15.9. The first-order valence-electron chi connectivity index (χ1n) is 4.54. The molecule has 0 amide bonds. The van der Waals surface area contributed by atoms with E-state index in [0.717, 1.165) is 19.0 Å². The smallest absolute Gasteiger partial charge is 0.140 e. The molecule has 0 N–H and O–H groups in total. The van der Waals surface area contributed by atoms with Crippen molar-refractivity contribution in [3.05, 3.63) is 0 Å². The third kappa shape index (κ3) is 3.16. The van der Waals surface area contributed by atoms with E-state index in [-0.39, 0.29) is 6.10 Å². The van der Waals surface area contributed by atoms with Crippen LogP contribution < -0.4 is 0 Å². The minimum Gasteiger partial charge on any atom is -0.384 e. The quantitative estimate of drug-likeness (QED) is 0.455. The third-order valence-corrected chi connectivity index (χ3v) is 3.73. The van der Waals surface area contributed by atoms with Crippen LogP contribution in [-0.4, -0.2) is 58.4 Å². The molecule has 1 aliphatic heterocycles. The van der Waals surface area contributed by atoms with Gasteiger partial charge in [0.15, 0.2) is 0 Å². The van der Waals surface area contributed by atoms with Crippen LogP contribution >= 0.6 is 11.8 Å². The third-order valence-electron chi connectivity index (χ3n) is 2.25. The van der Waals surface area contributed by atoms with Gasteiger partial charge in [-0.1, -0.05) is 0 Å². The van der Waals surface area contributed by atoms with Crippen LogP contribution in [0.15, 0.2) is 0 Å². The molecule has 0 aromatic rings. The summed E-state index contributed by atoms with van der Waals surface area (Å²) in [4.78, 5) is 0. The van der Waals surface area contributed by atoms with Crippen molar-refractivity contribution in [1.29, 1.82) is 0 Å². The maximum Gasteiger partial charge on any atom is 0.140 e. The van der Waals surface area contributed by atoms with Crippen molar-refractivity contribution >= 4 is 19.6 Å². The van der Waals surface area contributed by atoms with E-state index in [1.165, 1.54) is 0 Å². The van der Waals surface area contributed by atoms with E-state index in [9.17, 15) is 0 Å². The molecule has 0 spiro atoms. The molecule has 13 heavy (non-hydrogen) atoms. The van der Waals surface area contributed by atoms with Gasteiger partial charge in [0.05, 0.1) is 24.6 Å². The summed E-state index contributed by atoms with van der Waals surface area (Å²) in [5.41, 5.74) is 0. The largest absolute Gasteiger partial charge is 0.384 e. The molecule has 1 heterocycles. The van der Waals surface area contributed by atoms with E-state index < -0.39 is 0 Å². The molecule has 1 saturated heterocycles. The predicted octanol–water partition coefficient (Wildman–Crippen LogP) is -0.261. The molecule has 1 aliphatic rings. The van der Waals surface area contributed by atoms with Crippen molar-refractivity contribution in [2.24, 2.45) is 0 Å². The summed E-state index contributed by atoms with van der Waals surface area (Å²) in [6.07, 6.45) is 0.247. The Balaban J connectivity index is 2.27. The molecule has 76 valence electrons. The fraction of sp³-hybridized carbons (Fsp3) is 1.00. The van der Waals surface area contributed by atoms with Crippen molar-refractivity contribution in [3.63, 3.8) is 0 Å². The zero-order valence-corrected chi connectivity index (χ0v) is 9.30. The van der Waals surface area contributed by atoms with Crippen LogP contribution in [0.4, 0.5) is 0 Å². The summed E-state index contributed by atoms with van der Waals surface area (Å²) in [6.45, 7) is 1.52. The van der Waals surface area contributed by atoms with Crippen molar-refractivity contribution < 1.29 is 14.2 Å². The van der Waals surface area contributed by atoms with Crippen molar-refractivity contribution in [1.82, 2.24) is 0 Å². The molecule has 3 atom stereocenters. The van der Waals surface area contributed by atoms with Gasteiger partial charge < -0.3 is 14.2 Å². The maximum atomic E-state index is 5.51. The molecule has 0 radical (unpaired) electrons. The average Bonchev–Trinajstić information content (AvgIpc) is 2.48. The van der Waals surface area contributed by atoms with Gasteiger partial charge >= 0.3 is 0 Å². The van der Waals surface area contributed by atoms with Crippen molar-refractivity contribution in [3.8, 4) is 0 Å². The predicted molar refractivity (Wildman–Crippen MR) is 57.2 cm³/mol. The number of thioether (sulfide) groups is 1. The van der Waals surface area contributed by atoms with Crippen LogP contribution in [0.25, 0.3) is 0 Å². The molecular weight excluding hydrogens is 187 g/mol. The van der Waals surface area contributed by atoms with E-state index in [4.69, 9.17) is 14.2 Å². The molecule has 5 heteroatoms. The standard InChI is InChI=1S/C8H17BO3S/c1-10-3-4-13-7-6(11-2)5-12-8(7)9/h6-8H,3-5,9H2,1-2H3/t6-,7?,8+/m0/s1. The Kier molecular flexibility index (Phi) is 5.17. The molecule has 1 unspecified atom stereocenters.